The van der Waals surface area contributed by atoms with Gasteiger partial charge in [-0.15, -0.1) is 11.3 Å². The molecule has 3 aromatic rings. The first-order valence-electron chi connectivity index (χ1n) is 10.00. The molecule has 0 spiro atoms. The van der Waals surface area contributed by atoms with E-state index in [1.807, 2.05) is 37.3 Å². The molecule has 0 aliphatic heterocycles. The minimum atomic E-state index is -4.06. The number of nitrogens with two attached hydrogens (primary N) is 1. The Morgan fingerprint density at radius 2 is 1.76 bits per heavy atom. The molecule has 8 nitrogen and oxygen atoms in total. The molecule has 2 N–H and O–H groups in total. The first kappa shape index (κ1) is 24.7. The van der Waals surface area contributed by atoms with Crippen LogP contribution in [0.3, 0.4) is 0 Å². The van der Waals surface area contributed by atoms with Gasteiger partial charge in [-0.2, -0.15) is 8.42 Å². The summed E-state index contributed by atoms with van der Waals surface area (Å²) in [4.78, 5) is 12.0. The third kappa shape index (κ3) is 6.78. The topological polar surface area (TPSA) is 114 Å². The molecule has 0 saturated heterocycles. The Balaban J connectivity index is 1.71. The molecule has 0 amide bonds. The minimum Gasteiger partial charge on any atom is -0.488 e. The summed E-state index contributed by atoms with van der Waals surface area (Å²) < 4.78 is 47.1. The van der Waals surface area contributed by atoms with Gasteiger partial charge in [0, 0.05) is 5.38 Å². The fraction of sp³-hybridized carbons (Fsp3) is 0.261. The number of benzene rings is 2. The van der Waals surface area contributed by atoms with E-state index in [1.54, 1.807) is 17.5 Å². The van der Waals surface area contributed by atoms with Gasteiger partial charge < -0.3 is 19.9 Å². The Labute approximate surface area is 197 Å². The van der Waals surface area contributed by atoms with Crippen LogP contribution in [-0.2, 0) is 30.4 Å². The molecule has 3 rings (SSSR count). The number of rotatable bonds is 11. The number of methoxy groups -OCH3 is 1. The summed E-state index contributed by atoms with van der Waals surface area (Å²) in [6.07, 6.45) is -0.958. The van der Waals surface area contributed by atoms with Crippen LogP contribution in [0.4, 0.5) is 5.69 Å². The van der Waals surface area contributed by atoms with E-state index in [9.17, 15) is 13.2 Å². The van der Waals surface area contributed by atoms with Crippen molar-refractivity contribution < 1.29 is 31.6 Å². The van der Waals surface area contributed by atoms with Gasteiger partial charge >= 0.3 is 5.97 Å². The van der Waals surface area contributed by atoms with Gasteiger partial charge in [0.1, 0.15) is 17.6 Å². The predicted molar refractivity (Wildman–Crippen MR) is 125 cm³/mol. The standard InChI is InChI=1S/C23H25NO7S2/c1-16-8-10-19(11-9-16)33(26,27)31-18(13-29-12-17-6-4-3-5-7-17)14-30-20-15-32-22(21(20)24)23(25)28-2/h3-11,15,18H,12-14,24H2,1-2H3. The van der Waals surface area contributed by atoms with Crippen molar-refractivity contribution >= 4 is 33.1 Å². The van der Waals surface area contributed by atoms with Crippen molar-refractivity contribution in [2.24, 2.45) is 0 Å². The van der Waals surface area contributed by atoms with E-state index in [4.69, 9.17) is 19.4 Å². The third-order valence-corrected chi connectivity index (χ3v) is 6.91. The van der Waals surface area contributed by atoms with Crippen LogP contribution in [0.25, 0.3) is 0 Å². The quantitative estimate of drug-likeness (QED) is 0.318. The Hall–Kier alpha value is -2.92. The van der Waals surface area contributed by atoms with Crippen LogP contribution in [0.5, 0.6) is 5.75 Å². The van der Waals surface area contributed by atoms with Crippen LogP contribution < -0.4 is 10.5 Å². The molecular formula is C23H25NO7S2. The van der Waals surface area contributed by atoms with Crippen LogP contribution in [0.15, 0.2) is 64.9 Å². The van der Waals surface area contributed by atoms with Crippen molar-refractivity contribution in [1.82, 2.24) is 0 Å². The molecule has 0 bridgehead atoms. The molecule has 0 aliphatic carbocycles. The molecule has 0 radical (unpaired) electrons. The second kappa shape index (κ2) is 11.3. The van der Waals surface area contributed by atoms with Gasteiger partial charge in [0.15, 0.2) is 5.75 Å². The average Bonchev–Trinajstić information content (AvgIpc) is 3.18. The molecule has 176 valence electrons. The van der Waals surface area contributed by atoms with Gasteiger partial charge in [-0.1, -0.05) is 48.0 Å². The fourth-order valence-corrected chi connectivity index (χ4v) is 4.70. The molecule has 2 aromatic carbocycles. The molecule has 1 heterocycles. The normalized spacial score (nSPS) is 12.3. The zero-order valence-corrected chi connectivity index (χ0v) is 19.9. The number of esters is 1. The van der Waals surface area contributed by atoms with Crippen molar-refractivity contribution in [1.29, 1.82) is 0 Å². The van der Waals surface area contributed by atoms with Gasteiger partial charge in [-0.25, -0.2) is 4.79 Å². The maximum atomic E-state index is 12.8. The zero-order chi connectivity index (χ0) is 23.8. The summed E-state index contributed by atoms with van der Waals surface area (Å²) in [5.74, 6) is -0.335. The van der Waals surface area contributed by atoms with Crippen molar-refractivity contribution in [2.75, 3.05) is 26.1 Å². The predicted octanol–water partition coefficient (Wildman–Crippen LogP) is 3.80. The highest BCUT2D eigenvalue weighted by atomic mass is 32.2. The van der Waals surface area contributed by atoms with E-state index in [-0.39, 0.29) is 41.0 Å². The fourth-order valence-electron chi connectivity index (χ4n) is 2.82. The van der Waals surface area contributed by atoms with E-state index in [1.165, 1.54) is 19.2 Å². The minimum absolute atomic E-state index is 0.0317. The molecule has 0 fully saturated rings. The number of hydrogen-bond donors (Lipinski definition) is 1. The van der Waals surface area contributed by atoms with Gasteiger partial charge in [0.25, 0.3) is 10.1 Å². The highest BCUT2D eigenvalue weighted by molar-refractivity contribution is 7.86. The average molecular weight is 492 g/mol. The van der Waals surface area contributed by atoms with E-state index in [0.29, 0.717) is 0 Å². The van der Waals surface area contributed by atoms with Gasteiger partial charge in [-0.05, 0) is 24.6 Å². The summed E-state index contributed by atoms with van der Waals surface area (Å²) in [5.41, 5.74) is 7.95. The Bertz CT molecular complexity index is 1160. The van der Waals surface area contributed by atoms with Crippen LogP contribution in [0.2, 0.25) is 0 Å². The third-order valence-electron chi connectivity index (χ3n) is 4.58. The largest absolute Gasteiger partial charge is 0.488 e. The summed E-state index contributed by atoms with van der Waals surface area (Å²) in [6.45, 7) is 1.92. The number of nitrogen functional groups attached to an aromatic ring is 1. The van der Waals surface area contributed by atoms with Gasteiger partial charge in [0.05, 0.1) is 30.9 Å². The first-order chi connectivity index (χ1) is 15.8. The van der Waals surface area contributed by atoms with Crippen LogP contribution in [0, 0.1) is 6.92 Å². The number of anilines is 1. The molecule has 33 heavy (non-hydrogen) atoms. The smallest absolute Gasteiger partial charge is 0.350 e. The Morgan fingerprint density at radius 3 is 2.42 bits per heavy atom. The molecular weight excluding hydrogens is 466 g/mol. The number of aryl methyl sites for hydroxylation is 1. The highest BCUT2D eigenvalue weighted by Gasteiger charge is 2.24. The lowest BCUT2D eigenvalue weighted by Crippen LogP contribution is -2.30. The van der Waals surface area contributed by atoms with Gasteiger partial charge in [-0.3, -0.25) is 4.18 Å². The maximum Gasteiger partial charge on any atom is 0.350 e. The van der Waals surface area contributed by atoms with Crippen molar-refractivity contribution in [2.45, 2.75) is 24.5 Å². The summed E-state index contributed by atoms with van der Waals surface area (Å²) in [7, 11) is -2.80. The number of thiophene rings is 1. The lowest BCUT2D eigenvalue weighted by molar-refractivity contribution is 0.0219. The molecule has 0 aliphatic rings. The zero-order valence-electron chi connectivity index (χ0n) is 18.2. The molecule has 1 atom stereocenters. The second-order valence-electron chi connectivity index (χ2n) is 7.13. The molecule has 10 heteroatoms. The SMILES string of the molecule is COC(=O)c1scc(OCC(COCc2ccccc2)OS(=O)(=O)c2ccc(C)cc2)c1N. The lowest BCUT2D eigenvalue weighted by atomic mass is 10.2. The summed E-state index contributed by atoms with van der Waals surface area (Å²) in [5, 5.41) is 1.55. The molecule has 1 aromatic heterocycles. The summed E-state index contributed by atoms with van der Waals surface area (Å²) in [6, 6.07) is 15.8. The van der Waals surface area contributed by atoms with E-state index >= 15 is 0 Å². The van der Waals surface area contributed by atoms with Crippen molar-refractivity contribution in [3.8, 4) is 5.75 Å². The monoisotopic (exact) mass is 491 g/mol. The van der Waals surface area contributed by atoms with E-state index in [0.717, 1.165) is 22.5 Å². The number of ether oxygens (including phenoxy) is 3. The molecule has 1 unspecified atom stereocenters. The Morgan fingerprint density at radius 1 is 1.06 bits per heavy atom. The summed E-state index contributed by atoms with van der Waals surface area (Å²) >= 11 is 1.07. The molecule has 0 saturated carbocycles. The van der Waals surface area contributed by atoms with Gasteiger partial charge in [0.2, 0.25) is 0 Å². The number of carbonyl (C=O) groups excluding carboxylic acids is 1. The van der Waals surface area contributed by atoms with Crippen LogP contribution >= 0.6 is 11.3 Å². The van der Waals surface area contributed by atoms with Crippen molar-refractivity contribution in [3.63, 3.8) is 0 Å². The lowest BCUT2D eigenvalue weighted by Gasteiger charge is -2.18. The highest BCUT2D eigenvalue weighted by Crippen LogP contribution is 2.33. The van der Waals surface area contributed by atoms with Crippen molar-refractivity contribution in [3.05, 3.63) is 76.0 Å². The Kier molecular flexibility index (Phi) is 8.45. The van der Waals surface area contributed by atoms with Crippen LogP contribution in [-0.4, -0.2) is 40.8 Å². The van der Waals surface area contributed by atoms with Crippen LogP contribution in [0.1, 0.15) is 20.8 Å². The second-order valence-corrected chi connectivity index (χ2v) is 9.58. The first-order valence-corrected chi connectivity index (χ1v) is 12.3. The number of carbonyl (C=O) groups is 1. The van der Waals surface area contributed by atoms with E-state index in [2.05, 4.69) is 4.74 Å². The number of hydrogen-bond acceptors (Lipinski definition) is 9. The van der Waals surface area contributed by atoms with E-state index < -0.39 is 22.2 Å². The maximum absolute atomic E-state index is 12.8.